The van der Waals surface area contributed by atoms with Crippen LogP contribution in [0.2, 0.25) is 0 Å². The van der Waals surface area contributed by atoms with Crippen molar-refractivity contribution in [2.24, 2.45) is 0 Å². The van der Waals surface area contributed by atoms with Crippen LogP contribution in [0.15, 0.2) is 24.9 Å². The third kappa shape index (κ3) is 4.02. The molecule has 1 aromatic rings. The molecular formula is C16H26N2. The minimum Gasteiger partial charge on any atom is -0.351 e. The normalized spacial score (nSPS) is 14.9. The summed E-state index contributed by atoms with van der Waals surface area (Å²) in [6.45, 7) is 8.21. The minimum absolute atomic E-state index is 0.798. The fourth-order valence-electron chi connectivity index (χ4n) is 2.32. The number of nitrogens with zero attached hydrogens (tertiary/aromatic N) is 1. The number of nitrogens with one attached hydrogen (secondary N) is 1. The molecule has 1 heterocycles. The first-order valence-electron chi connectivity index (χ1n) is 7.30. The van der Waals surface area contributed by atoms with E-state index < -0.39 is 0 Å². The van der Waals surface area contributed by atoms with E-state index >= 15 is 0 Å². The third-order valence-electron chi connectivity index (χ3n) is 3.82. The lowest BCUT2D eigenvalue weighted by Crippen LogP contribution is -2.15. The van der Waals surface area contributed by atoms with Gasteiger partial charge in [0.15, 0.2) is 0 Å². The van der Waals surface area contributed by atoms with Crippen molar-refractivity contribution in [1.82, 2.24) is 9.88 Å². The predicted octanol–water partition coefficient (Wildman–Crippen LogP) is 3.79. The first-order valence-corrected chi connectivity index (χ1v) is 7.30. The zero-order chi connectivity index (χ0) is 12.8. The molecule has 0 radical (unpaired) electrons. The predicted molar refractivity (Wildman–Crippen MR) is 77.7 cm³/mol. The van der Waals surface area contributed by atoms with E-state index in [4.69, 9.17) is 0 Å². The van der Waals surface area contributed by atoms with Gasteiger partial charge in [-0.2, -0.15) is 0 Å². The number of aryl methyl sites for hydroxylation is 1. The molecule has 0 atom stereocenters. The van der Waals surface area contributed by atoms with E-state index in [2.05, 4.69) is 35.6 Å². The molecule has 2 rings (SSSR count). The fourth-order valence-corrected chi connectivity index (χ4v) is 2.32. The monoisotopic (exact) mass is 246 g/mol. The quantitative estimate of drug-likeness (QED) is 0.518. The Bertz CT molecular complexity index is 374. The SMILES string of the molecule is C=CCCCCCn1ccc(CNC2CC2)c1C. The molecule has 2 heteroatoms. The summed E-state index contributed by atoms with van der Waals surface area (Å²) in [6.07, 6.45) is 12.0. The van der Waals surface area contributed by atoms with Crippen molar-refractivity contribution in [1.29, 1.82) is 0 Å². The maximum absolute atomic E-state index is 3.76. The van der Waals surface area contributed by atoms with Gasteiger partial charge in [-0.15, -0.1) is 6.58 Å². The van der Waals surface area contributed by atoms with E-state index in [1.54, 1.807) is 0 Å². The van der Waals surface area contributed by atoms with Gasteiger partial charge in [0.25, 0.3) is 0 Å². The molecule has 1 aliphatic carbocycles. The maximum Gasteiger partial charge on any atom is 0.0225 e. The lowest BCUT2D eigenvalue weighted by Gasteiger charge is -2.08. The van der Waals surface area contributed by atoms with Crippen molar-refractivity contribution in [3.05, 3.63) is 36.2 Å². The summed E-state index contributed by atoms with van der Waals surface area (Å²) in [4.78, 5) is 0. The van der Waals surface area contributed by atoms with Crippen molar-refractivity contribution in [3.63, 3.8) is 0 Å². The van der Waals surface area contributed by atoms with Crippen molar-refractivity contribution >= 4 is 0 Å². The molecule has 0 aliphatic heterocycles. The molecule has 1 fully saturated rings. The van der Waals surface area contributed by atoms with E-state index in [9.17, 15) is 0 Å². The topological polar surface area (TPSA) is 17.0 Å². The zero-order valence-corrected chi connectivity index (χ0v) is 11.6. The van der Waals surface area contributed by atoms with Crippen LogP contribution < -0.4 is 5.32 Å². The molecule has 0 aromatic carbocycles. The van der Waals surface area contributed by atoms with Gasteiger partial charge in [0.05, 0.1) is 0 Å². The summed E-state index contributed by atoms with van der Waals surface area (Å²) in [5, 5.41) is 3.59. The minimum atomic E-state index is 0.798. The largest absolute Gasteiger partial charge is 0.351 e. The summed E-state index contributed by atoms with van der Waals surface area (Å²) in [5.74, 6) is 0. The average molecular weight is 246 g/mol. The van der Waals surface area contributed by atoms with E-state index in [1.807, 2.05) is 6.08 Å². The van der Waals surface area contributed by atoms with Gasteiger partial charge in [-0.1, -0.05) is 12.5 Å². The van der Waals surface area contributed by atoms with Crippen LogP contribution in [0.1, 0.15) is 49.8 Å². The van der Waals surface area contributed by atoms with Crippen molar-refractivity contribution in [2.45, 2.75) is 64.6 Å². The molecule has 0 spiro atoms. The highest BCUT2D eigenvalue weighted by Crippen LogP contribution is 2.20. The zero-order valence-electron chi connectivity index (χ0n) is 11.6. The Morgan fingerprint density at radius 3 is 2.94 bits per heavy atom. The summed E-state index contributed by atoms with van der Waals surface area (Å²) in [6, 6.07) is 3.07. The highest BCUT2D eigenvalue weighted by molar-refractivity contribution is 5.21. The van der Waals surface area contributed by atoms with Crippen molar-refractivity contribution in [2.75, 3.05) is 0 Å². The number of hydrogen-bond acceptors (Lipinski definition) is 1. The van der Waals surface area contributed by atoms with E-state index in [0.717, 1.165) is 25.6 Å². The van der Waals surface area contributed by atoms with Crippen molar-refractivity contribution in [3.8, 4) is 0 Å². The van der Waals surface area contributed by atoms with Gasteiger partial charge >= 0.3 is 0 Å². The van der Waals surface area contributed by atoms with Crippen LogP contribution in [-0.2, 0) is 13.1 Å². The van der Waals surface area contributed by atoms with E-state index in [1.165, 1.54) is 43.4 Å². The number of aromatic nitrogens is 1. The van der Waals surface area contributed by atoms with Crippen LogP contribution in [0.5, 0.6) is 0 Å². The Morgan fingerprint density at radius 2 is 2.22 bits per heavy atom. The van der Waals surface area contributed by atoms with Crippen LogP contribution in [0.4, 0.5) is 0 Å². The molecule has 1 aromatic heterocycles. The molecule has 0 unspecified atom stereocenters. The van der Waals surface area contributed by atoms with Gasteiger partial charge in [-0.3, -0.25) is 0 Å². The standard InChI is InChI=1S/C16H26N2/c1-3-4-5-6-7-11-18-12-10-15(14(18)2)13-17-16-8-9-16/h3,10,12,16-17H,1,4-9,11,13H2,2H3. The molecule has 1 N–H and O–H groups in total. The second kappa shape index (κ2) is 6.79. The molecule has 1 aliphatic rings. The Morgan fingerprint density at radius 1 is 1.39 bits per heavy atom. The fraction of sp³-hybridized carbons (Fsp3) is 0.625. The van der Waals surface area contributed by atoms with Gasteiger partial charge in [-0.25, -0.2) is 0 Å². The number of unbranched alkanes of at least 4 members (excludes halogenated alkanes) is 3. The molecule has 0 saturated heterocycles. The Kier molecular flexibility index (Phi) is 5.06. The molecule has 0 bridgehead atoms. The average Bonchev–Trinajstić information content (AvgIpc) is 3.13. The molecule has 1 saturated carbocycles. The molecule has 2 nitrogen and oxygen atoms in total. The van der Waals surface area contributed by atoms with Crippen LogP contribution in [0.25, 0.3) is 0 Å². The lowest BCUT2D eigenvalue weighted by molar-refractivity contribution is 0.580. The van der Waals surface area contributed by atoms with Crippen LogP contribution in [0.3, 0.4) is 0 Å². The van der Waals surface area contributed by atoms with E-state index in [-0.39, 0.29) is 0 Å². The second-order valence-electron chi connectivity index (χ2n) is 5.41. The van der Waals surface area contributed by atoms with E-state index in [0.29, 0.717) is 0 Å². The first kappa shape index (κ1) is 13.4. The Labute approximate surface area is 111 Å². The lowest BCUT2D eigenvalue weighted by atomic mass is 10.2. The molecule has 18 heavy (non-hydrogen) atoms. The van der Waals surface area contributed by atoms with Gasteiger partial charge in [0, 0.05) is 31.0 Å². The van der Waals surface area contributed by atoms with Crippen molar-refractivity contribution < 1.29 is 0 Å². The summed E-state index contributed by atoms with van der Waals surface area (Å²) in [7, 11) is 0. The molecule has 100 valence electrons. The van der Waals surface area contributed by atoms with Crippen LogP contribution >= 0.6 is 0 Å². The van der Waals surface area contributed by atoms with Gasteiger partial charge in [0.1, 0.15) is 0 Å². The number of hydrogen-bond donors (Lipinski definition) is 1. The highest BCUT2D eigenvalue weighted by Gasteiger charge is 2.20. The number of rotatable bonds is 9. The Balaban J connectivity index is 1.72. The van der Waals surface area contributed by atoms with Gasteiger partial charge in [0.2, 0.25) is 0 Å². The van der Waals surface area contributed by atoms with Crippen LogP contribution in [-0.4, -0.2) is 10.6 Å². The van der Waals surface area contributed by atoms with Gasteiger partial charge in [-0.05, 0) is 50.7 Å². The third-order valence-corrected chi connectivity index (χ3v) is 3.82. The Hall–Kier alpha value is -1.02. The van der Waals surface area contributed by atoms with Gasteiger partial charge < -0.3 is 9.88 Å². The summed E-state index contributed by atoms with van der Waals surface area (Å²) in [5.41, 5.74) is 2.90. The summed E-state index contributed by atoms with van der Waals surface area (Å²) >= 11 is 0. The summed E-state index contributed by atoms with van der Waals surface area (Å²) < 4.78 is 2.40. The first-order chi connectivity index (χ1) is 8.81. The second-order valence-corrected chi connectivity index (χ2v) is 5.41. The molecular weight excluding hydrogens is 220 g/mol. The van der Waals surface area contributed by atoms with Crippen LogP contribution in [0, 0.1) is 6.92 Å². The number of allylic oxidation sites excluding steroid dienone is 1. The molecule has 0 amide bonds. The smallest absolute Gasteiger partial charge is 0.0225 e. The highest BCUT2D eigenvalue weighted by atomic mass is 15.0. The maximum atomic E-state index is 3.76.